The Bertz CT molecular complexity index is 970. The summed E-state index contributed by atoms with van der Waals surface area (Å²) < 4.78 is 10.5. The molecular formula is C25H27NO6. The summed E-state index contributed by atoms with van der Waals surface area (Å²) >= 11 is 0. The van der Waals surface area contributed by atoms with E-state index in [-0.39, 0.29) is 24.7 Å². The third-order valence-corrected chi connectivity index (χ3v) is 5.32. The lowest BCUT2D eigenvalue weighted by Crippen LogP contribution is -2.30. The van der Waals surface area contributed by atoms with Crippen molar-refractivity contribution in [1.82, 2.24) is 0 Å². The molecule has 1 aliphatic rings. The highest BCUT2D eigenvalue weighted by molar-refractivity contribution is 6.02. The van der Waals surface area contributed by atoms with Crippen molar-refractivity contribution < 1.29 is 28.7 Å². The van der Waals surface area contributed by atoms with E-state index in [1.807, 2.05) is 6.92 Å². The Balaban J connectivity index is 1.58. The highest BCUT2D eigenvalue weighted by Gasteiger charge is 2.37. The maximum atomic E-state index is 12.6. The molecule has 1 saturated heterocycles. The van der Waals surface area contributed by atoms with Crippen LogP contribution in [0.25, 0.3) is 0 Å². The van der Waals surface area contributed by atoms with Gasteiger partial charge in [-0.3, -0.25) is 14.4 Å². The number of ether oxygens (including phenoxy) is 2. The summed E-state index contributed by atoms with van der Waals surface area (Å²) in [6.07, 6.45) is 0.809. The molecule has 1 amide bonds. The smallest absolute Gasteiger partial charge is 0.338 e. The molecule has 0 unspecified atom stereocenters. The van der Waals surface area contributed by atoms with Gasteiger partial charge in [0.1, 0.15) is 0 Å². The molecule has 32 heavy (non-hydrogen) atoms. The Kier molecular flexibility index (Phi) is 7.76. The molecule has 0 radical (unpaired) electrons. The number of unbranched alkanes of at least 4 members (excludes halogenated alkanes) is 1. The SMILES string of the molecule is CCCCOC(=O)c1ccc(N2C[C@H](C(=O)O[C@H](C)C(=O)c3ccccc3)CC2=O)cc1. The van der Waals surface area contributed by atoms with Crippen LogP contribution in [-0.4, -0.2) is 42.9 Å². The Morgan fingerprint density at radius 1 is 1.03 bits per heavy atom. The average molecular weight is 437 g/mol. The van der Waals surface area contributed by atoms with E-state index in [1.165, 1.54) is 11.8 Å². The second-order valence-corrected chi connectivity index (χ2v) is 7.75. The summed E-state index contributed by atoms with van der Waals surface area (Å²) in [5, 5.41) is 0. The number of Topliss-reactive ketones (excluding diaryl/α,β-unsaturated/α-hetero) is 1. The van der Waals surface area contributed by atoms with Crippen molar-refractivity contribution in [2.24, 2.45) is 5.92 Å². The molecule has 0 bridgehead atoms. The molecule has 2 aromatic rings. The lowest BCUT2D eigenvalue weighted by atomic mass is 10.1. The van der Waals surface area contributed by atoms with Crippen molar-refractivity contribution in [2.75, 3.05) is 18.1 Å². The zero-order valence-corrected chi connectivity index (χ0v) is 18.3. The molecule has 7 heteroatoms. The molecule has 0 N–H and O–H groups in total. The largest absolute Gasteiger partial charge is 0.462 e. The van der Waals surface area contributed by atoms with Crippen molar-refractivity contribution in [3.05, 3.63) is 65.7 Å². The van der Waals surface area contributed by atoms with E-state index in [2.05, 4.69) is 0 Å². The Morgan fingerprint density at radius 2 is 1.72 bits per heavy atom. The fourth-order valence-corrected chi connectivity index (χ4v) is 3.45. The number of rotatable bonds is 9. The van der Waals surface area contributed by atoms with Gasteiger partial charge in [-0.05, 0) is 37.6 Å². The van der Waals surface area contributed by atoms with Crippen LogP contribution in [0.4, 0.5) is 5.69 Å². The minimum atomic E-state index is -0.938. The quantitative estimate of drug-likeness (QED) is 0.337. The van der Waals surface area contributed by atoms with Gasteiger partial charge in [-0.2, -0.15) is 0 Å². The highest BCUT2D eigenvalue weighted by atomic mass is 16.5. The van der Waals surface area contributed by atoms with Crippen LogP contribution in [-0.2, 0) is 19.1 Å². The maximum Gasteiger partial charge on any atom is 0.338 e. The van der Waals surface area contributed by atoms with Crippen molar-refractivity contribution in [3.8, 4) is 0 Å². The van der Waals surface area contributed by atoms with Crippen molar-refractivity contribution in [3.63, 3.8) is 0 Å². The number of carbonyl (C=O) groups excluding carboxylic acids is 4. The third kappa shape index (κ3) is 5.60. The summed E-state index contributed by atoms with van der Waals surface area (Å²) in [4.78, 5) is 51.0. The van der Waals surface area contributed by atoms with E-state index in [9.17, 15) is 19.2 Å². The standard InChI is InChI=1S/C25H27NO6/c1-3-4-14-31-24(29)19-10-12-21(13-11-19)26-16-20(15-22(26)27)25(30)32-17(2)23(28)18-8-6-5-7-9-18/h5-13,17,20H,3-4,14-16H2,1-2H3/t17-,20-/m1/s1. The monoisotopic (exact) mass is 437 g/mol. The topological polar surface area (TPSA) is 90.0 Å². The van der Waals surface area contributed by atoms with E-state index < -0.39 is 24.0 Å². The normalized spacial score (nSPS) is 16.5. The van der Waals surface area contributed by atoms with E-state index in [0.717, 1.165) is 12.8 Å². The van der Waals surface area contributed by atoms with Gasteiger partial charge in [0, 0.05) is 24.2 Å². The molecule has 2 aromatic carbocycles. The first-order valence-electron chi connectivity index (χ1n) is 10.8. The minimum Gasteiger partial charge on any atom is -0.462 e. The Morgan fingerprint density at radius 3 is 2.38 bits per heavy atom. The number of anilines is 1. The first kappa shape index (κ1) is 23.2. The third-order valence-electron chi connectivity index (χ3n) is 5.32. The second-order valence-electron chi connectivity index (χ2n) is 7.75. The number of nitrogens with zero attached hydrogens (tertiary/aromatic N) is 1. The second kappa shape index (κ2) is 10.7. The number of hydrogen-bond acceptors (Lipinski definition) is 6. The number of hydrogen-bond donors (Lipinski definition) is 0. The van der Waals surface area contributed by atoms with Gasteiger partial charge < -0.3 is 14.4 Å². The van der Waals surface area contributed by atoms with Crippen LogP contribution in [0.15, 0.2) is 54.6 Å². The van der Waals surface area contributed by atoms with Crippen LogP contribution in [0.3, 0.4) is 0 Å². The molecule has 7 nitrogen and oxygen atoms in total. The van der Waals surface area contributed by atoms with Crippen LogP contribution in [0.1, 0.15) is 53.8 Å². The van der Waals surface area contributed by atoms with Crippen molar-refractivity contribution in [2.45, 2.75) is 39.2 Å². The van der Waals surface area contributed by atoms with Gasteiger partial charge in [0.25, 0.3) is 0 Å². The van der Waals surface area contributed by atoms with Crippen molar-refractivity contribution in [1.29, 1.82) is 0 Å². The van der Waals surface area contributed by atoms with Gasteiger partial charge in [0.2, 0.25) is 11.7 Å². The summed E-state index contributed by atoms with van der Waals surface area (Å²) in [6, 6.07) is 15.1. The summed E-state index contributed by atoms with van der Waals surface area (Å²) in [7, 11) is 0. The fourth-order valence-electron chi connectivity index (χ4n) is 3.45. The first-order chi connectivity index (χ1) is 15.4. The molecular weight excluding hydrogens is 410 g/mol. The number of amides is 1. The van der Waals surface area contributed by atoms with Crippen LogP contribution in [0, 0.1) is 5.92 Å². The van der Waals surface area contributed by atoms with E-state index >= 15 is 0 Å². The Labute approximate surface area is 187 Å². The molecule has 1 fully saturated rings. The molecule has 0 aromatic heterocycles. The van der Waals surface area contributed by atoms with Crippen LogP contribution >= 0.6 is 0 Å². The predicted octanol–water partition coefficient (Wildman–Crippen LogP) is 3.81. The highest BCUT2D eigenvalue weighted by Crippen LogP contribution is 2.27. The molecule has 1 aliphatic heterocycles. The number of benzene rings is 2. The Hall–Kier alpha value is -3.48. The predicted molar refractivity (Wildman–Crippen MR) is 118 cm³/mol. The van der Waals surface area contributed by atoms with Gasteiger partial charge in [0.15, 0.2) is 6.10 Å². The van der Waals surface area contributed by atoms with Crippen LogP contribution in [0.5, 0.6) is 0 Å². The van der Waals surface area contributed by atoms with Crippen molar-refractivity contribution >= 4 is 29.3 Å². The number of ketones is 1. The van der Waals surface area contributed by atoms with Gasteiger partial charge in [-0.1, -0.05) is 43.7 Å². The zero-order chi connectivity index (χ0) is 23.1. The molecule has 168 valence electrons. The molecule has 1 heterocycles. The molecule has 0 aliphatic carbocycles. The van der Waals surface area contributed by atoms with Crippen LogP contribution < -0.4 is 4.90 Å². The first-order valence-corrected chi connectivity index (χ1v) is 10.8. The average Bonchev–Trinajstić information content (AvgIpc) is 3.21. The minimum absolute atomic E-state index is 0.00584. The summed E-state index contributed by atoms with van der Waals surface area (Å²) in [6.45, 7) is 4.07. The lowest BCUT2D eigenvalue weighted by Gasteiger charge is -2.18. The molecule has 0 spiro atoms. The molecule has 3 rings (SSSR count). The molecule has 0 saturated carbocycles. The maximum absolute atomic E-state index is 12.6. The van der Waals surface area contributed by atoms with Crippen LogP contribution in [0.2, 0.25) is 0 Å². The lowest BCUT2D eigenvalue weighted by molar-refractivity contribution is -0.151. The number of carbonyl (C=O) groups is 4. The van der Waals surface area contributed by atoms with Gasteiger partial charge in [-0.15, -0.1) is 0 Å². The van der Waals surface area contributed by atoms with Gasteiger partial charge in [0.05, 0.1) is 18.1 Å². The summed E-state index contributed by atoms with van der Waals surface area (Å²) in [5.41, 5.74) is 1.45. The van der Waals surface area contributed by atoms with E-state index in [1.54, 1.807) is 54.6 Å². The number of esters is 2. The van der Waals surface area contributed by atoms with Gasteiger partial charge in [-0.25, -0.2) is 4.79 Å². The zero-order valence-electron chi connectivity index (χ0n) is 18.3. The fraction of sp³-hybridized carbons (Fsp3) is 0.360. The van der Waals surface area contributed by atoms with E-state index in [0.29, 0.717) is 23.4 Å². The van der Waals surface area contributed by atoms with Gasteiger partial charge >= 0.3 is 11.9 Å². The summed E-state index contributed by atoms with van der Waals surface area (Å²) in [5.74, 6) is -2.15. The van der Waals surface area contributed by atoms with E-state index in [4.69, 9.17) is 9.47 Å². The molecule has 2 atom stereocenters.